The molecular formula is C22H26F4O3. The van der Waals surface area contributed by atoms with E-state index < -0.39 is 35.5 Å². The van der Waals surface area contributed by atoms with E-state index in [1.165, 1.54) is 12.2 Å². The standard InChI is InChI=1S/C22H26F4O3/c1-2-28-17-10-8-16(20(24)22(17)26)14-5-3-13(4-6-14)12-29-18-9-7-15(11-27)19(23)21(18)25/h7,9-11,13-16,19H,2-6,8,12H2,1H3. The van der Waals surface area contributed by atoms with Crippen molar-refractivity contribution < 1.29 is 31.8 Å². The molecule has 1 saturated carbocycles. The van der Waals surface area contributed by atoms with Crippen LogP contribution in [0.15, 0.2) is 47.2 Å². The number of aldehydes is 1. The minimum atomic E-state index is -2.01. The SMILES string of the molecule is CCOC1=CCC(C2CCC(COC3=C(F)C(F)C(C=O)C=C3)CC2)C(F)=C1F. The van der Waals surface area contributed by atoms with Gasteiger partial charge in [-0.25, -0.2) is 17.6 Å². The lowest BCUT2D eigenvalue weighted by Gasteiger charge is -2.34. The minimum absolute atomic E-state index is 0.0119. The largest absolute Gasteiger partial charge is 0.491 e. The molecule has 0 radical (unpaired) electrons. The highest BCUT2D eigenvalue weighted by atomic mass is 19.2. The Hall–Kier alpha value is -2.05. The van der Waals surface area contributed by atoms with Gasteiger partial charge in [0, 0.05) is 5.92 Å². The van der Waals surface area contributed by atoms with Gasteiger partial charge in [0.1, 0.15) is 12.1 Å². The highest BCUT2D eigenvalue weighted by Crippen LogP contribution is 2.43. The van der Waals surface area contributed by atoms with E-state index in [-0.39, 0.29) is 36.6 Å². The molecule has 0 saturated heterocycles. The van der Waals surface area contributed by atoms with Gasteiger partial charge < -0.3 is 14.3 Å². The quantitative estimate of drug-likeness (QED) is 0.390. The molecule has 7 heteroatoms. The molecule has 1 fully saturated rings. The van der Waals surface area contributed by atoms with Crippen molar-refractivity contribution in [2.75, 3.05) is 13.2 Å². The van der Waals surface area contributed by atoms with Gasteiger partial charge in [-0.05, 0) is 63.0 Å². The van der Waals surface area contributed by atoms with E-state index in [0.717, 1.165) is 12.8 Å². The summed E-state index contributed by atoms with van der Waals surface area (Å²) in [6.07, 6.45) is 5.90. The van der Waals surface area contributed by atoms with E-state index in [1.54, 1.807) is 13.0 Å². The topological polar surface area (TPSA) is 35.5 Å². The average Bonchev–Trinajstić information content (AvgIpc) is 2.73. The molecule has 0 spiro atoms. The third-order valence-corrected chi connectivity index (χ3v) is 5.99. The molecule has 0 aromatic rings. The summed E-state index contributed by atoms with van der Waals surface area (Å²) in [6, 6.07) is 0. The summed E-state index contributed by atoms with van der Waals surface area (Å²) < 4.78 is 67.0. The molecule has 0 aliphatic heterocycles. The van der Waals surface area contributed by atoms with Gasteiger partial charge in [0.2, 0.25) is 0 Å². The maximum Gasteiger partial charge on any atom is 0.196 e. The number of ether oxygens (including phenoxy) is 2. The summed E-state index contributed by atoms with van der Waals surface area (Å²) in [5.41, 5.74) is 0. The van der Waals surface area contributed by atoms with Crippen LogP contribution in [0.2, 0.25) is 0 Å². The Labute approximate surface area is 168 Å². The molecule has 3 unspecified atom stereocenters. The number of allylic oxidation sites excluding steroid dienone is 6. The van der Waals surface area contributed by atoms with Gasteiger partial charge in [-0.3, -0.25) is 0 Å². The summed E-state index contributed by atoms with van der Waals surface area (Å²) >= 11 is 0. The molecule has 3 aliphatic rings. The van der Waals surface area contributed by atoms with Crippen LogP contribution in [0.25, 0.3) is 0 Å². The van der Waals surface area contributed by atoms with E-state index >= 15 is 0 Å². The van der Waals surface area contributed by atoms with Crippen LogP contribution in [0, 0.1) is 23.7 Å². The van der Waals surface area contributed by atoms with Gasteiger partial charge in [-0.1, -0.05) is 6.08 Å². The Kier molecular flexibility index (Phi) is 7.19. The molecule has 3 aliphatic carbocycles. The Morgan fingerprint density at radius 2 is 1.83 bits per heavy atom. The molecule has 160 valence electrons. The van der Waals surface area contributed by atoms with Crippen molar-refractivity contribution in [3.8, 4) is 0 Å². The highest BCUT2D eigenvalue weighted by molar-refractivity contribution is 5.60. The lowest BCUT2D eigenvalue weighted by molar-refractivity contribution is -0.111. The second-order valence-electron chi connectivity index (χ2n) is 7.78. The van der Waals surface area contributed by atoms with Gasteiger partial charge in [-0.2, -0.15) is 0 Å². The van der Waals surface area contributed by atoms with E-state index in [4.69, 9.17) is 9.47 Å². The van der Waals surface area contributed by atoms with Crippen molar-refractivity contribution in [1.82, 2.24) is 0 Å². The van der Waals surface area contributed by atoms with Gasteiger partial charge in [0.25, 0.3) is 0 Å². The van der Waals surface area contributed by atoms with Crippen LogP contribution < -0.4 is 0 Å². The summed E-state index contributed by atoms with van der Waals surface area (Å²) in [5, 5.41) is 0. The van der Waals surface area contributed by atoms with Crippen LogP contribution in [-0.2, 0) is 14.3 Å². The van der Waals surface area contributed by atoms with Crippen LogP contribution in [-0.4, -0.2) is 25.7 Å². The zero-order valence-electron chi connectivity index (χ0n) is 16.4. The molecule has 29 heavy (non-hydrogen) atoms. The third kappa shape index (κ3) is 4.75. The summed E-state index contributed by atoms with van der Waals surface area (Å²) in [6.45, 7) is 2.23. The smallest absolute Gasteiger partial charge is 0.196 e. The Morgan fingerprint density at radius 3 is 2.48 bits per heavy atom. The van der Waals surface area contributed by atoms with Gasteiger partial charge >= 0.3 is 0 Å². The summed E-state index contributed by atoms with van der Waals surface area (Å²) in [5.74, 6) is -4.29. The van der Waals surface area contributed by atoms with E-state index in [0.29, 0.717) is 25.5 Å². The van der Waals surface area contributed by atoms with Crippen molar-refractivity contribution >= 4 is 6.29 Å². The molecule has 0 aromatic heterocycles. The van der Waals surface area contributed by atoms with Crippen molar-refractivity contribution in [3.05, 3.63) is 47.2 Å². The van der Waals surface area contributed by atoms with Crippen LogP contribution in [0.4, 0.5) is 17.6 Å². The number of hydrogen-bond acceptors (Lipinski definition) is 3. The predicted octanol–water partition coefficient (Wildman–Crippen LogP) is 5.80. The molecular weight excluding hydrogens is 388 g/mol. The zero-order valence-corrected chi connectivity index (χ0v) is 16.4. The molecule has 0 heterocycles. The fraction of sp³-hybridized carbons (Fsp3) is 0.591. The first-order valence-corrected chi connectivity index (χ1v) is 10.1. The number of hydrogen-bond donors (Lipinski definition) is 0. The van der Waals surface area contributed by atoms with Crippen molar-refractivity contribution in [3.63, 3.8) is 0 Å². The number of halogens is 4. The molecule has 0 N–H and O–H groups in total. The van der Waals surface area contributed by atoms with Crippen LogP contribution in [0.1, 0.15) is 39.0 Å². The molecule has 0 bridgehead atoms. The maximum atomic E-state index is 14.5. The second-order valence-corrected chi connectivity index (χ2v) is 7.78. The Balaban J connectivity index is 1.50. The van der Waals surface area contributed by atoms with Crippen molar-refractivity contribution in [1.29, 1.82) is 0 Å². The minimum Gasteiger partial charge on any atom is -0.491 e. The fourth-order valence-corrected chi connectivity index (χ4v) is 4.26. The monoisotopic (exact) mass is 414 g/mol. The molecule has 0 amide bonds. The zero-order chi connectivity index (χ0) is 21.0. The summed E-state index contributed by atoms with van der Waals surface area (Å²) in [4.78, 5) is 10.7. The first-order chi connectivity index (χ1) is 14.0. The molecule has 3 atom stereocenters. The highest BCUT2D eigenvalue weighted by Gasteiger charge is 2.35. The fourth-order valence-electron chi connectivity index (χ4n) is 4.26. The Bertz CT molecular complexity index is 732. The van der Waals surface area contributed by atoms with Crippen molar-refractivity contribution in [2.24, 2.45) is 23.7 Å². The van der Waals surface area contributed by atoms with E-state index in [9.17, 15) is 22.4 Å². The first kappa shape index (κ1) is 21.7. The molecule has 3 rings (SSSR count). The number of carbonyl (C=O) groups excluding carboxylic acids is 1. The van der Waals surface area contributed by atoms with E-state index in [2.05, 4.69) is 0 Å². The molecule has 3 nitrogen and oxygen atoms in total. The first-order valence-electron chi connectivity index (χ1n) is 10.1. The van der Waals surface area contributed by atoms with Crippen LogP contribution in [0.3, 0.4) is 0 Å². The third-order valence-electron chi connectivity index (χ3n) is 5.99. The summed E-state index contributed by atoms with van der Waals surface area (Å²) in [7, 11) is 0. The van der Waals surface area contributed by atoms with Gasteiger partial charge in [-0.15, -0.1) is 0 Å². The van der Waals surface area contributed by atoms with E-state index in [1.807, 2.05) is 0 Å². The maximum absolute atomic E-state index is 14.5. The number of carbonyl (C=O) groups is 1. The van der Waals surface area contributed by atoms with Crippen LogP contribution >= 0.6 is 0 Å². The normalized spacial score (nSPS) is 32.9. The lowest BCUT2D eigenvalue weighted by Crippen LogP contribution is -2.26. The van der Waals surface area contributed by atoms with Crippen molar-refractivity contribution in [2.45, 2.75) is 45.2 Å². The second kappa shape index (κ2) is 9.63. The van der Waals surface area contributed by atoms with Crippen LogP contribution in [0.5, 0.6) is 0 Å². The number of rotatable bonds is 7. The average molecular weight is 414 g/mol. The molecule has 0 aromatic carbocycles. The van der Waals surface area contributed by atoms with Gasteiger partial charge in [0.05, 0.1) is 19.1 Å². The lowest BCUT2D eigenvalue weighted by atomic mass is 9.73. The Morgan fingerprint density at radius 1 is 1.10 bits per heavy atom. The number of alkyl halides is 1. The predicted molar refractivity (Wildman–Crippen MR) is 100 cm³/mol. The van der Waals surface area contributed by atoms with Gasteiger partial charge in [0.15, 0.2) is 29.3 Å².